The Hall–Kier alpha value is -9.75. The number of nitrogens with one attached hydrogen (secondary N) is 2. The van der Waals surface area contributed by atoms with Gasteiger partial charge in [0.2, 0.25) is 0 Å². The molecular formula is C59H44BrF6N5O12S. The van der Waals surface area contributed by atoms with Crippen molar-refractivity contribution in [3.05, 3.63) is 179 Å². The molecule has 2 N–H and O–H groups in total. The summed E-state index contributed by atoms with van der Waals surface area (Å²) in [7, 11) is 4.50. The van der Waals surface area contributed by atoms with E-state index in [1.54, 1.807) is 60.8 Å². The van der Waals surface area contributed by atoms with Gasteiger partial charge in [0.1, 0.15) is 40.3 Å². The summed E-state index contributed by atoms with van der Waals surface area (Å²) >= 11 is 3.20. The van der Waals surface area contributed by atoms with Crippen LogP contribution in [0.5, 0.6) is 69.0 Å². The summed E-state index contributed by atoms with van der Waals surface area (Å²) in [5, 5.41) is 4.16. The summed E-state index contributed by atoms with van der Waals surface area (Å²) in [5.41, 5.74) is -0.468. The van der Waals surface area contributed by atoms with E-state index in [-0.39, 0.29) is 33.0 Å². The third-order valence-corrected chi connectivity index (χ3v) is 14.5. The summed E-state index contributed by atoms with van der Waals surface area (Å²) in [5.74, 6) is 0.581. The monoisotopic (exact) mass is 1240 g/mol. The number of nitrogens with zero attached hydrogens (tertiary/aromatic N) is 3. The van der Waals surface area contributed by atoms with Crippen LogP contribution in [0.25, 0.3) is 32.7 Å². The molecule has 7 aromatic carbocycles. The van der Waals surface area contributed by atoms with E-state index in [9.17, 15) is 30.8 Å². The van der Waals surface area contributed by atoms with Crippen molar-refractivity contribution in [1.29, 1.82) is 0 Å². The van der Waals surface area contributed by atoms with Gasteiger partial charge < -0.3 is 47.9 Å². The Morgan fingerprint density at radius 3 is 1.35 bits per heavy atom. The number of sulfonamides is 1. The van der Waals surface area contributed by atoms with E-state index in [1.807, 2.05) is 4.72 Å². The molecule has 0 saturated heterocycles. The molecule has 0 bridgehead atoms. The molecule has 1 amide bonds. The lowest BCUT2D eigenvalue weighted by atomic mass is 10.1. The number of fused-ring (bicyclic) bond motifs is 3. The molecule has 0 spiro atoms. The van der Waals surface area contributed by atoms with Gasteiger partial charge in [0.25, 0.3) is 15.9 Å². The summed E-state index contributed by atoms with van der Waals surface area (Å²) in [6, 6.07) is 27.9. The van der Waals surface area contributed by atoms with Gasteiger partial charge in [0.15, 0.2) is 46.1 Å². The van der Waals surface area contributed by atoms with Crippen molar-refractivity contribution in [3.63, 3.8) is 0 Å². The SMILES string of the molecule is COc1cc2nccc(Oc3ccc(NC(=O)c4ccc(Oc5ccnc6cc(OC)c(OC)cc56)c(Br)c4F)c(F)c3)c2cc1OC.COc1cc2nccc(Oc3ccc(NS(=O)(=O)c4cccc(C(F)(F)F)c4)c(F)c3)c2cc1OC. The molecule has 3 aromatic heterocycles. The lowest BCUT2D eigenvalue weighted by Crippen LogP contribution is -2.15. The third kappa shape index (κ3) is 12.7. The number of benzene rings is 7. The van der Waals surface area contributed by atoms with Gasteiger partial charge in [-0.25, -0.2) is 21.6 Å². The molecule has 0 radical (unpaired) electrons. The van der Waals surface area contributed by atoms with E-state index in [0.717, 1.165) is 36.4 Å². The van der Waals surface area contributed by atoms with Crippen LogP contribution in [0.15, 0.2) is 155 Å². The van der Waals surface area contributed by atoms with Crippen molar-refractivity contribution in [2.45, 2.75) is 11.1 Å². The number of hydrogen-bond donors (Lipinski definition) is 2. The number of aromatic nitrogens is 3. The van der Waals surface area contributed by atoms with Crippen molar-refractivity contribution in [1.82, 2.24) is 15.0 Å². The average molecular weight is 1240 g/mol. The maximum atomic E-state index is 15.5. The molecule has 0 unspecified atom stereocenters. The topological polar surface area (TPSA) is 197 Å². The first-order valence-corrected chi connectivity index (χ1v) is 26.7. The Morgan fingerprint density at radius 2 is 0.917 bits per heavy atom. The van der Waals surface area contributed by atoms with Crippen LogP contribution < -0.4 is 52.7 Å². The predicted octanol–water partition coefficient (Wildman–Crippen LogP) is 14.7. The number of ether oxygens (including phenoxy) is 9. The summed E-state index contributed by atoms with van der Waals surface area (Å²) < 4.78 is 161. The molecule has 0 aliphatic heterocycles. The molecule has 25 heteroatoms. The first kappa shape index (κ1) is 58.9. The van der Waals surface area contributed by atoms with Gasteiger partial charge in [-0.3, -0.25) is 24.5 Å². The highest BCUT2D eigenvalue weighted by atomic mass is 79.9. The number of hydrogen-bond acceptors (Lipinski definition) is 15. The second kappa shape index (κ2) is 24.8. The zero-order chi connectivity index (χ0) is 60.0. The van der Waals surface area contributed by atoms with Crippen molar-refractivity contribution < 1.29 is 82.2 Å². The number of carbonyl (C=O) groups excluding carboxylic acids is 1. The molecule has 0 aliphatic rings. The number of halogens is 7. The maximum Gasteiger partial charge on any atom is 0.416 e. The average Bonchev–Trinajstić information content (AvgIpc) is 3.58. The maximum absolute atomic E-state index is 15.5. The molecule has 17 nitrogen and oxygen atoms in total. The highest BCUT2D eigenvalue weighted by molar-refractivity contribution is 9.10. The highest BCUT2D eigenvalue weighted by Gasteiger charge is 2.32. The van der Waals surface area contributed by atoms with Crippen LogP contribution in [0, 0.1) is 17.5 Å². The molecule has 84 heavy (non-hydrogen) atoms. The van der Waals surface area contributed by atoms with Crippen molar-refractivity contribution in [2.75, 3.05) is 52.7 Å². The Bertz CT molecular complexity index is 4280. The van der Waals surface area contributed by atoms with E-state index < -0.39 is 55.7 Å². The number of carbonyl (C=O) groups is 1. The van der Waals surface area contributed by atoms with Crippen LogP contribution in [0.2, 0.25) is 0 Å². The molecule has 0 saturated carbocycles. The molecule has 0 fully saturated rings. The Kier molecular flexibility index (Phi) is 17.4. The van der Waals surface area contributed by atoms with Crippen molar-refractivity contribution in [3.8, 4) is 69.0 Å². The molecule has 432 valence electrons. The van der Waals surface area contributed by atoms with Gasteiger partial charge in [-0.05, 0) is 107 Å². The van der Waals surface area contributed by atoms with Crippen LogP contribution in [0.4, 0.5) is 37.7 Å². The van der Waals surface area contributed by atoms with Gasteiger partial charge in [-0.1, -0.05) is 6.07 Å². The third-order valence-electron chi connectivity index (χ3n) is 12.4. The normalized spacial score (nSPS) is 11.3. The fraction of sp³-hybridized carbons (Fsp3) is 0.119. The van der Waals surface area contributed by atoms with Gasteiger partial charge in [0, 0.05) is 65.1 Å². The van der Waals surface area contributed by atoms with Gasteiger partial charge >= 0.3 is 6.18 Å². The number of methoxy groups -OCH3 is 6. The lowest BCUT2D eigenvalue weighted by Gasteiger charge is -2.15. The molecule has 10 rings (SSSR count). The number of pyridine rings is 3. The van der Waals surface area contributed by atoms with Gasteiger partial charge in [0.05, 0.1) is 91.1 Å². The van der Waals surface area contributed by atoms with Crippen LogP contribution in [-0.2, 0) is 16.2 Å². The fourth-order valence-corrected chi connectivity index (χ4v) is 9.84. The van der Waals surface area contributed by atoms with Crippen LogP contribution >= 0.6 is 15.9 Å². The van der Waals surface area contributed by atoms with Crippen molar-refractivity contribution in [2.24, 2.45) is 0 Å². The Labute approximate surface area is 482 Å². The lowest BCUT2D eigenvalue weighted by molar-refractivity contribution is -0.137. The minimum absolute atomic E-state index is 0.0387. The summed E-state index contributed by atoms with van der Waals surface area (Å²) in [6.45, 7) is 0. The van der Waals surface area contributed by atoms with E-state index in [0.29, 0.717) is 90.5 Å². The molecule has 0 atom stereocenters. The van der Waals surface area contributed by atoms with Gasteiger partial charge in [-0.2, -0.15) is 13.2 Å². The standard InChI is InChI=1S/C35H26BrF2N3O7.C24H18F4N2O5S/c1-43-29-14-20-24(16-31(29)45-3)39-11-9-26(20)47-18-5-7-23(22(37)13-18)41-35(42)19-6-8-28(33(36)34(19)38)48-27-10-12-40-25-17-32(46-4)30(44-2)15-21(25)27;1-33-22-12-17-20(13-23(22)34-2)29-9-8-21(17)35-15-6-7-19(18(25)11-15)30-36(31,32)16-5-3-4-14(10-16)24(26,27)28/h5-17H,1-4H3,(H,41,42);3-13,30H,1-2H3. The first-order valence-electron chi connectivity index (χ1n) is 24.4. The number of anilines is 2. The predicted molar refractivity (Wildman–Crippen MR) is 302 cm³/mol. The van der Waals surface area contributed by atoms with E-state index in [1.165, 1.54) is 85.4 Å². The zero-order valence-corrected chi connectivity index (χ0v) is 47.1. The van der Waals surface area contributed by atoms with Crippen molar-refractivity contribution >= 4 is 75.9 Å². The number of amides is 1. The largest absolute Gasteiger partial charge is 0.493 e. The molecule has 10 aromatic rings. The Morgan fingerprint density at radius 1 is 0.488 bits per heavy atom. The highest BCUT2D eigenvalue weighted by Crippen LogP contribution is 2.42. The summed E-state index contributed by atoms with van der Waals surface area (Å²) in [6.07, 6.45) is -0.167. The van der Waals surface area contributed by atoms with Crippen LogP contribution in [0.3, 0.4) is 0 Å². The quantitative estimate of drug-likeness (QED) is 0.0816. The van der Waals surface area contributed by atoms with E-state index >= 15 is 8.78 Å². The van der Waals surface area contributed by atoms with E-state index in [2.05, 4.69) is 36.2 Å². The van der Waals surface area contributed by atoms with Gasteiger partial charge in [-0.15, -0.1) is 0 Å². The molecule has 3 heterocycles. The second-order valence-electron chi connectivity index (χ2n) is 17.5. The smallest absolute Gasteiger partial charge is 0.416 e. The minimum Gasteiger partial charge on any atom is -0.493 e. The van der Waals surface area contributed by atoms with Crippen LogP contribution in [-0.4, -0.2) is 71.9 Å². The molecular weight excluding hydrogens is 1200 g/mol. The zero-order valence-electron chi connectivity index (χ0n) is 44.7. The number of alkyl halides is 3. The minimum atomic E-state index is -4.73. The molecule has 0 aliphatic carbocycles. The second-order valence-corrected chi connectivity index (χ2v) is 20.0. The van der Waals surface area contributed by atoms with Crippen LogP contribution in [0.1, 0.15) is 15.9 Å². The van der Waals surface area contributed by atoms with E-state index in [4.69, 9.17) is 42.6 Å². The number of rotatable bonds is 17. The first-order chi connectivity index (χ1) is 40.2. The fourth-order valence-electron chi connectivity index (χ4n) is 8.30. The summed E-state index contributed by atoms with van der Waals surface area (Å²) in [4.78, 5) is 25.3. The Balaban J connectivity index is 0.000000210.